The van der Waals surface area contributed by atoms with E-state index in [9.17, 15) is 14.4 Å². The van der Waals surface area contributed by atoms with Crippen LogP contribution in [-0.2, 0) is 25.6 Å². The first-order valence-corrected chi connectivity index (χ1v) is 11.1. The van der Waals surface area contributed by atoms with Crippen molar-refractivity contribution in [3.63, 3.8) is 0 Å². The van der Waals surface area contributed by atoms with Gasteiger partial charge in [-0.15, -0.1) is 0 Å². The van der Waals surface area contributed by atoms with Gasteiger partial charge in [0.15, 0.2) is 0 Å². The quantitative estimate of drug-likeness (QED) is 0.363. The summed E-state index contributed by atoms with van der Waals surface area (Å²) in [7, 11) is 1.31. The molecular formula is C24H19Cl2NO6. The molecular weight excluding hydrogens is 469 g/mol. The number of hydrogen-bond acceptors (Lipinski definition) is 6. The minimum Gasteiger partial charge on any atom is -0.469 e. The predicted molar refractivity (Wildman–Crippen MR) is 119 cm³/mol. The monoisotopic (exact) mass is 487 g/mol. The zero-order valence-electron chi connectivity index (χ0n) is 17.5. The largest absolute Gasteiger partial charge is 0.469 e. The number of ether oxygens (including phenoxy) is 3. The molecule has 9 heteroatoms. The summed E-state index contributed by atoms with van der Waals surface area (Å²) in [6, 6.07) is 11.6. The van der Waals surface area contributed by atoms with Gasteiger partial charge in [0.05, 0.1) is 41.3 Å². The summed E-state index contributed by atoms with van der Waals surface area (Å²) >= 11 is 12.2. The third-order valence-electron chi connectivity index (χ3n) is 6.30. The van der Waals surface area contributed by atoms with Crippen LogP contribution >= 0.6 is 23.2 Å². The summed E-state index contributed by atoms with van der Waals surface area (Å²) in [5.41, 5.74) is 0.0239. The molecule has 2 bridgehead atoms. The second-order valence-electron chi connectivity index (χ2n) is 8.25. The maximum Gasteiger partial charge on any atom is 0.346 e. The first kappa shape index (κ1) is 21.9. The van der Waals surface area contributed by atoms with Crippen LogP contribution in [0.2, 0.25) is 10.0 Å². The molecule has 3 aliphatic heterocycles. The molecule has 1 spiro atoms. The highest BCUT2D eigenvalue weighted by molar-refractivity contribution is 6.39. The van der Waals surface area contributed by atoms with Crippen LogP contribution in [0, 0.1) is 11.8 Å². The summed E-state index contributed by atoms with van der Waals surface area (Å²) < 4.78 is 16.4. The number of methoxy groups -OCH3 is 1. The molecule has 2 saturated heterocycles. The Morgan fingerprint density at radius 1 is 1.18 bits per heavy atom. The fraction of sp³-hybridized carbons (Fsp3) is 0.292. The second-order valence-corrected chi connectivity index (χ2v) is 9.07. The lowest BCUT2D eigenvalue weighted by Crippen LogP contribution is -2.39. The van der Waals surface area contributed by atoms with Crippen molar-refractivity contribution in [3.05, 3.63) is 75.8 Å². The molecule has 7 nitrogen and oxygen atoms in total. The Labute approximate surface area is 199 Å². The van der Waals surface area contributed by atoms with E-state index in [2.05, 4.69) is 0 Å². The molecule has 3 aliphatic rings. The van der Waals surface area contributed by atoms with Crippen molar-refractivity contribution in [2.45, 2.75) is 18.2 Å². The highest BCUT2D eigenvalue weighted by atomic mass is 35.5. The first-order valence-electron chi connectivity index (χ1n) is 10.3. The molecule has 5 rings (SSSR count). The molecule has 33 heavy (non-hydrogen) atoms. The maximum atomic E-state index is 13.2. The Bertz CT molecular complexity index is 1180. The minimum absolute atomic E-state index is 0.0847. The number of nitrogens with zero attached hydrogens (tertiary/aromatic N) is 1. The van der Waals surface area contributed by atoms with Crippen LogP contribution in [0.4, 0.5) is 0 Å². The van der Waals surface area contributed by atoms with Crippen LogP contribution in [-0.4, -0.2) is 48.1 Å². The van der Waals surface area contributed by atoms with E-state index in [1.165, 1.54) is 7.11 Å². The second kappa shape index (κ2) is 8.17. The van der Waals surface area contributed by atoms with E-state index >= 15 is 0 Å². The van der Waals surface area contributed by atoms with E-state index in [1.807, 2.05) is 18.2 Å². The molecule has 2 fully saturated rings. The van der Waals surface area contributed by atoms with Gasteiger partial charge in [0.2, 0.25) is 5.91 Å². The van der Waals surface area contributed by atoms with Crippen LogP contribution in [0.15, 0.2) is 54.6 Å². The van der Waals surface area contributed by atoms with Crippen molar-refractivity contribution < 1.29 is 28.6 Å². The van der Waals surface area contributed by atoms with Gasteiger partial charge >= 0.3 is 11.9 Å². The number of carbonyl (C=O) groups is 3. The molecule has 1 amide bonds. The average molecular weight is 488 g/mol. The Hall–Kier alpha value is -2.87. The smallest absolute Gasteiger partial charge is 0.346 e. The van der Waals surface area contributed by atoms with Gasteiger partial charge in [-0.25, -0.2) is 4.79 Å². The number of fused-ring (bicyclic) bond motifs is 1. The summed E-state index contributed by atoms with van der Waals surface area (Å²) in [5, 5.41) is 0.389. The van der Waals surface area contributed by atoms with Crippen molar-refractivity contribution in [3.8, 4) is 5.75 Å². The van der Waals surface area contributed by atoms with E-state index in [-0.39, 0.29) is 28.1 Å². The van der Waals surface area contributed by atoms with E-state index in [4.69, 9.17) is 37.4 Å². The number of carbonyl (C=O) groups excluding carboxylic acids is 3. The van der Waals surface area contributed by atoms with Crippen LogP contribution in [0.5, 0.6) is 5.75 Å². The Balaban J connectivity index is 1.33. The maximum absolute atomic E-state index is 13.2. The first-order chi connectivity index (χ1) is 15.8. The summed E-state index contributed by atoms with van der Waals surface area (Å²) in [6.07, 6.45) is 3.27. The fourth-order valence-corrected chi connectivity index (χ4v) is 5.45. The lowest BCUT2D eigenvalue weighted by molar-refractivity contribution is -0.151. The molecule has 3 heterocycles. The van der Waals surface area contributed by atoms with E-state index in [0.717, 1.165) is 5.56 Å². The van der Waals surface area contributed by atoms with Gasteiger partial charge in [0.25, 0.3) is 0 Å². The lowest BCUT2D eigenvalue weighted by Gasteiger charge is -2.22. The standard InChI is InChI=1S/C24H19Cl2NO6/c1-31-22(29)19-17-8-9-24(33-17)12-27(21(28)20(19)24)11-13-4-2-5-14(10-13)32-23(30)18-15(25)6-3-7-16(18)26/h2-10,17,19-20H,11-12H2,1H3/t17-,19+,20-,24+/m1/s1. The van der Waals surface area contributed by atoms with Gasteiger partial charge in [-0.05, 0) is 29.8 Å². The zero-order valence-corrected chi connectivity index (χ0v) is 19.0. The number of likely N-dealkylation sites (tertiary alicyclic amines) is 1. The Morgan fingerprint density at radius 3 is 2.64 bits per heavy atom. The third kappa shape index (κ3) is 3.60. The van der Waals surface area contributed by atoms with E-state index < -0.39 is 35.5 Å². The average Bonchev–Trinajstić information content (AvgIpc) is 3.41. The number of esters is 2. The zero-order chi connectivity index (χ0) is 23.3. The Kier molecular flexibility index (Phi) is 5.43. The minimum atomic E-state index is -0.814. The summed E-state index contributed by atoms with van der Waals surface area (Å²) in [5.74, 6) is -2.25. The molecule has 0 saturated carbocycles. The van der Waals surface area contributed by atoms with Gasteiger partial charge in [-0.2, -0.15) is 0 Å². The molecule has 0 aromatic heterocycles. The summed E-state index contributed by atoms with van der Waals surface area (Å²) in [4.78, 5) is 39.7. The van der Waals surface area contributed by atoms with Crippen LogP contribution in [0.25, 0.3) is 0 Å². The third-order valence-corrected chi connectivity index (χ3v) is 6.93. The van der Waals surface area contributed by atoms with Crippen molar-refractivity contribution in [2.24, 2.45) is 11.8 Å². The van der Waals surface area contributed by atoms with Gasteiger partial charge in [0.1, 0.15) is 17.3 Å². The lowest BCUT2D eigenvalue weighted by atomic mass is 9.77. The van der Waals surface area contributed by atoms with Crippen molar-refractivity contribution in [1.29, 1.82) is 0 Å². The van der Waals surface area contributed by atoms with Gasteiger partial charge in [0, 0.05) is 6.54 Å². The molecule has 0 N–H and O–H groups in total. The number of halogens is 2. The molecule has 0 aliphatic carbocycles. The molecule has 2 aromatic carbocycles. The Morgan fingerprint density at radius 2 is 1.91 bits per heavy atom. The summed E-state index contributed by atoms with van der Waals surface area (Å²) in [6.45, 7) is 0.599. The predicted octanol–water partition coefficient (Wildman–Crippen LogP) is 3.67. The number of benzene rings is 2. The highest BCUT2D eigenvalue weighted by Gasteiger charge is 2.67. The number of rotatable bonds is 5. The SMILES string of the molecule is COC(=O)[C@H]1[C@H]2C=C[C@@]3(CN(Cc4cccc(OC(=O)c5c(Cl)cccc5Cl)c4)C(=O)[C@@H]13)O2. The van der Waals surface area contributed by atoms with Crippen LogP contribution in [0.1, 0.15) is 15.9 Å². The number of hydrogen-bond donors (Lipinski definition) is 0. The molecule has 0 radical (unpaired) electrons. The van der Waals surface area contributed by atoms with Crippen LogP contribution in [0.3, 0.4) is 0 Å². The topological polar surface area (TPSA) is 82.1 Å². The molecule has 4 atom stereocenters. The van der Waals surface area contributed by atoms with Crippen LogP contribution < -0.4 is 4.74 Å². The van der Waals surface area contributed by atoms with Gasteiger partial charge in [-0.3, -0.25) is 9.59 Å². The molecule has 0 unspecified atom stereocenters. The normalized spacial score (nSPS) is 27.1. The fourth-order valence-electron chi connectivity index (χ4n) is 4.90. The molecule has 2 aromatic rings. The highest BCUT2D eigenvalue weighted by Crippen LogP contribution is 2.52. The van der Waals surface area contributed by atoms with E-state index in [1.54, 1.807) is 41.3 Å². The molecule has 170 valence electrons. The van der Waals surface area contributed by atoms with E-state index in [0.29, 0.717) is 12.3 Å². The van der Waals surface area contributed by atoms with Crippen molar-refractivity contribution >= 4 is 41.0 Å². The van der Waals surface area contributed by atoms with Gasteiger partial charge in [-0.1, -0.05) is 53.6 Å². The van der Waals surface area contributed by atoms with Crippen molar-refractivity contribution in [1.82, 2.24) is 4.90 Å². The van der Waals surface area contributed by atoms with Crippen molar-refractivity contribution in [2.75, 3.05) is 13.7 Å². The van der Waals surface area contributed by atoms with Gasteiger partial charge < -0.3 is 19.1 Å². The number of amides is 1.